The van der Waals surface area contributed by atoms with Gasteiger partial charge in [0.25, 0.3) is 0 Å². The van der Waals surface area contributed by atoms with Crippen LogP contribution in [0.4, 0.5) is 0 Å². The second-order valence-electron chi connectivity index (χ2n) is 4.00. The lowest BCUT2D eigenvalue weighted by Gasteiger charge is -2.23. The van der Waals surface area contributed by atoms with Gasteiger partial charge >= 0.3 is 0 Å². The minimum Gasteiger partial charge on any atom is -0.314 e. The van der Waals surface area contributed by atoms with E-state index >= 15 is 0 Å². The van der Waals surface area contributed by atoms with E-state index in [4.69, 9.17) is 0 Å². The Balaban J connectivity index is 0.00000144. The third-order valence-corrected chi connectivity index (χ3v) is 2.82. The topological polar surface area (TPSA) is 12.0 Å². The molecule has 1 atom stereocenters. The van der Waals surface area contributed by atoms with Crippen LogP contribution < -0.4 is 5.32 Å². The van der Waals surface area contributed by atoms with Crippen molar-refractivity contribution in [1.29, 1.82) is 0 Å². The molecule has 1 aliphatic heterocycles. The van der Waals surface area contributed by atoms with Crippen LogP contribution in [-0.4, -0.2) is 12.6 Å². The molecule has 1 aliphatic rings. The highest BCUT2D eigenvalue weighted by molar-refractivity contribution is 5.85. The lowest BCUT2D eigenvalue weighted by atomic mass is 9.99. The summed E-state index contributed by atoms with van der Waals surface area (Å²) in [5.41, 5.74) is 0. The Hall–Kier alpha value is 0.250. The lowest BCUT2D eigenvalue weighted by Crippen LogP contribution is -2.33. The molecule has 0 bridgehead atoms. The molecular formula is C11H24ClN. The van der Waals surface area contributed by atoms with Crippen LogP contribution in [0, 0.1) is 0 Å². The lowest BCUT2D eigenvalue weighted by molar-refractivity contribution is 0.371. The average molecular weight is 206 g/mol. The van der Waals surface area contributed by atoms with Crippen molar-refractivity contribution < 1.29 is 0 Å². The second kappa shape index (κ2) is 8.83. The van der Waals surface area contributed by atoms with Gasteiger partial charge in [0.05, 0.1) is 0 Å². The SMILES string of the molecule is CCCCCCC1CCCCN1.Cl. The minimum atomic E-state index is 0. The summed E-state index contributed by atoms with van der Waals surface area (Å²) >= 11 is 0. The van der Waals surface area contributed by atoms with Gasteiger partial charge in [-0.25, -0.2) is 0 Å². The predicted octanol–water partition coefficient (Wildman–Crippen LogP) is 3.52. The van der Waals surface area contributed by atoms with E-state index in [0.717, 1.165) is 6.04 Å². The second-order valence-corrected chi connectivity index (χ2v) is 4.00. The van der Waals surface area contributed by atoms with Gasteiger partial charge in [-0.3, -0.25) is 0 Å². The summed E-state index contributed by atoms with van der Waals surface area (Å²) in [5.74, 6) is 0. The normalized spacial score (nSPS) is 22.4. The number of halogens is 1. The van der Waals surface area contributed by atoms with Crippen LogP contribution in [0.15, 0.2) is 0 Å². The fraction of sp³-hybridized carbons (Fsp3) is 1.00. The highest BCUT2D eigenvalue weighted by Crippen LogP contribution is 2.13. The molecule has 13 heavy (non-hydrogen) atoms. The summed E-state index contributed by atoms with van der Waals surface area (Å²) in [6.07, 6.45) is 11.3. The van der Waals surface area contributed by atoms with Crippen molar-refractivity contribution in [2.75, 3.05) is 6.54 Å². The van der Waals surface area contributed by atoms with Crippen LogP contribution in [0.5, 0.6) is 0 Å². The molecule has 1 N–H and O–H groups in total. The van der Waals surface area contributed by atoms with Crippen LogP contribution in [0.2, 0.25) is 0 Å². The molecule has 1 rings (SSSR count). The van der Waals surface area contributed by atoms with Crippen LogP contribution in [0.3, 0.4) is 0 Å². The summed E-state index contributed by atoms with van der Waals surface area (Å²) in [5, 5.41) is 3.60. The molecule has 0 spiro atoms. The van der Waals surface area contributed by atoms with Crippen LogP contribution in [0.1, 0.15) is 58.3 Å². The molecule has 0 aromatic rings. The Bertz CT molecular complexity index is 100. The third-order valence-electron chi connectivity index (χ3n) is 2.82. The Kier molecular flexibility index (Phi) is 9.00. The molecule has 1 unspecified atom stereocenters. The molecule has 1 nitrogen and oxygen atoms in total. The zero-order chi connectivity index (χ0) is 8.65. The van der Waals surface area contributed by atoms with E-state index in [2.05, 4.69) is 12.2 Å². The average Bonchev–Trinajstić information content (AvgIpc) is 2.14. The van der Waals surface area contributed by atoms with Gasteiger partial charge in [-0.2, -0.15) is 0 Å². The maximum atomic E-state index is 3.60. The van der Waals surface area contributed by atoms with Crippen molar-refractivity contribution in [1.82, 2.24) is 5.32 Å². The predicted molar refractivity (Wildman–Crippen MR) is 61.6 cm³/mol. The largest absolute Gasteiger partial charge is 0.314 e. The van der Waals surface area contributed by atoms with Crippen molar-refractivity contribution in [2.24, 2.45) is 0 Å². The van der Waals surface area contributed by atoms with Crippen LogP contribution in [-0.2, 0) is 0 Å². The van der Waals surface area contributed by atoms with Gasteiger partial charge in [-0.05, 0) is 25.8 Å². The molecule has 0 saturated carbocycles. The van der Waals surface area contributed by atoms with Gasteiger partial charge in [-0.15, -0.1) is 12.4 Å². The highest BCUT2D eigenvalue weighted by Gasteiger charge is 2.10. The maximum Gasteiger partial charge on any atom is 0.00670 e. The van der Waals surface area contributed by atoms with E-state index in [1.165, 1.54) is 57.9 Å². The maximum absolute atomic E-state index is 3.60. The van der Waals surface area contributed by atoms with Crippen molar-refractivity contribution in [3.05, 3.63) is 0 Å². The molecule has 1 saturated heterocycles. The first kappa shape index (κ1) is 13.2. The summed E-state index contributed by atoms with van der Waals surface area (Å²) < 4.78 is 0. The molecule has 80 valence electrons. The van der Waals surface area contributed by atoms with Gasteiger partial charge in [0, 0.05) is 6.04 Å². The van der Waals surface area contributed by atoms with Gasteiger partial charge in [0.1, 0.15) is 0 Å². The van der Waals surface area contributed by atoms with Gasteiger partial charge in [0.15, 0.2) is 0 Å². The summed E-state index contributed by atoms with van der Waals surface area (Å²) in [7, 11) is 0. The van der Waals surface area contributed by atoms with Crippen molar-refractivity contribution in [2.45, 2.75) is 64.3 Å². The zero-order valence-corrected chi connectivity index (χ0v) is 9.67. The fourth-order valence-corrected chi connectivity index (χ4v) is 1.99. The molecule has 2 heteroatoms. The Morgan fingerprint density at radius 3 is 2.62 bits per heavy atom. The molecule has 0 aromatic heterocycles. The number of nitrogens with one attached hydrogen (secondary N) is 1. The minimum absolute atomic E-state index is 0. The van der Waals surface area contributed by atoms with E-state index in [9.17, 15) is 0 Å². The van der Waals surface area contributed by atoms with Gasteiger partial charge in [0.2, 0.25) is 0 Å². The molecule has 0 amide bonds. The summed E-state index contributed by atoms with van der Waals surface area (Å²) in [6.45, 7) is 3.54. The first-order chi connectivity index (χ1) is 5.93. The highest BCUT2D eigenvalue weighted by atomic mass is 35.5. The molecule has 0 aromatic carbocycles. The van der Waals surface area contributed by atoms with Gasteiger partial charge < -0.3 is 5.32 Å². The van der Waals surface area contributed by atoms with E-state index in [0.29, 0.717) is 0 Å². The monoisotopic (exact) mass is 205 g/mol. The number of unbranched alkanes of at least 4 members (excludes halogenated alkanes) is 3. The molecule has 1 fully saturated rings. The Morgan fingerprint density at radius 1 is 1.15 bits per heavy atom. The van der Waals surface area contributed by atoms with E-state index in [1.54, 1.807) is 0 Å². The molecule has 1 heterocycles. The van der Waals surface area contributed by atoms with Crippen molar-refractivity contribution >= 4 is 12.4 Å². The quantitative estimate of drug-likeness (QED) is 0.678. The van der Waals surface area contributed by atoms with Crippen LogP contribution >= 0.6 is 12.4 Å². The van der Waals surface area contributed by atoms with Gasteiger partial charge in [-0.1, -0.05) is 39.0 Å². The van der Waals surface area contributed by atoms with Crippen LogP contribution in [0.25, 0.3) is 0 Å². The van der Waals surface area contributed by atoms with Crippen molar-refractivity contribution in [3.63, 3.8) is 0 Å². The standard InChI is InChI=1S/C11H23N.ClH/c1-2-3-4-5-8-11-9-6-7-10-12-11;/h11-12H,2-10H2,1H3;1H. The molecule has 0 radical (unpaired) electrons. The fourth-order valence-electron chi connectivity index (χ4n) is 1.99. The first-order valence-electron chi connectivity index (χ1n) is 5.67. The van der Waals surface area contributed by atoms with E-state index in [1.807, 2.05) is 0 Å². The first-order valence-corrected chi connectivity index (χ1v) is 5.67. The Labute approximate surface area is 89.1 Å². The van der Waals surface area contributed by atoms with E-state index < -0.39 is 0 Å². The third kappa shape index (κ3) is 6.34. The summed E-state index contributed by atoms with van der Waals surface area (Å²) in [4.78, 5) is 0. The zero-order valence-electron chi connectivity index (χ0n) is 8.85. The molecule has 0 aliphatic carbocycles. The van der Waals surface area contributed by atoms with E-state index in [-0.39, 0.29) is 12.4 Å². The molecular weight excluding hydrogens is 182 g/mol. The number of hydrogen-bond donors (Lipinski definition) is 1. The summed E-state index contributed by atoms with van der Waals surface area (Å²) in [6, 6.07) is 0.857. The smallest absolute Gasteiger partial charge is 0.00670 e. The van der Waals surface area contributed by atoms with Crippen molar-refractivity contribution in [3.8, 4) is 0 Å². The Morgan fingerprint density at radius 2 is 2.00 bits per heavy atom. The number of piperidine rings is 1. The number of hydrogen-bond acceptors (Lipinski definition) is 1. The number of rotatable bonds is 5.